The summed E-state index contributed by atoms with van der Waals surface area (Å²) in [5.41, 5.74) is 0.865. The smallest absolute Gasteiger partial charge is 0.253 e. The van der Waals surface area contributed by atoms with Gasteiger partial charge in [0.15, 0.2) is 0 Å². The van der Waals surface area contributed by atoms with Gasteiger partial charge in [-0.05, 0) is 24.1 Å². The van der Waals surface area contributed by atoms with Crippen molar-refractivity contribution in [3.8, 4) is 0 Å². The largest absolute Gasteiger partial charge is 0.378 e. The Balaban J connectivity index is 1.75. The first-order chi connectivity index (χ1) is 11.5. The number of carbonyl (C=O) groups is 1. The van der Waals surface area contributed by atoms with Crippen LogP contribution in [-0.2, 0) is 15.5 Å². The number of amides is 1. The zero-order valence-electron chi connectivity index (χ0n) is 13.9. The Labute approximate surface area is 144 Å². The maximum atomic E-state index is 14.5. The van der Waals surface area contributed by atoms with Crippen LogP contribution >= 0.6 is 0 Å². The van der Waals surface area contributed by atoms with Crippen LogP contribution in [0.25, 0.3) is 0 Å². The van der Waals surface area contributed by atoms with Gasteiger partial charge in [0.05, 0.1) is 18.9 Å². The van der Waals surface area contributed by atoms with Gasteiger partial charge >= 0.3 is 0 Å². The van der Waals surface area contributed by atoms with Crippen LogP contribution in [-0.4, -0.2) is 65.9 Å². The van der Waals surface area contributed by atoms with Crippen LogP contribution in [0.1, 0.15) is 17.3 Å². The van der Waals surface area contributed by atoms with Gasteiger partial charge in [-0.2, -0.15) is 0 Å². The van der Waals surface area contributed by atoms with Gasteiger partial charge in [0.2, 0.25) is 0 Å². The van der Waals surface area contributed by atoms with Crippen molar-refractivity contribution in [3.05, 3.63) is 29.6 Å². The number of benzene rings is 1. The van der Waals surface area contributed by atoms with E-state index >= 15 is 0 Å². The number of morpholine rings is 1. The van der Waals surface area contributed by atoms with E-state index in [9.17, 15) is 13.4 Å². The van der Waals surface area contributed by atoms with E-state index in [4.69, 9.17) is 4.74 Å². The van der Waals surface area contributed by atoms with Crippen molar-refractivity contribution < 1.29 is 18.1 Å². The molecule has 1 amide bonds. The maximum Gasteiger partial charge on any atom is 0.253 e. The lowest BCUT2D eigenvalue weighted by Crippen LogP contribution is -2.37. The molecule has 1 aromatic carbocycles. The molecule has 2 aliphatic rings. The summed E-state index contributed by atoms with van der Waals surface area (Å²) in [5.74, 6) is 0.732. The standard InChI is InChI=1S/C17H23FN2O3S/c1-13-11-20(6-9-24(22)12-13)17(21)14-2-3-16(15(18)10-14)19-4-7-23-8-5-19/h2-3,10,13H,4-9,11-12H2,1H3/t13-,24-/m0/s1. The number of nitrogens with zero attached hydrogens (tertiary/aromatic N) is 2. The molecular weight excluding hydrogens is 331 g/mol. The second-order valence-corrected chi connectivity index (χ2v) is 8.05. The van der Waals surface area contributed by atoms with Gasteiger partial charge in [-0.1, -0.05) is 6.92 Å². The van der Waals surface area contributed by atoms with Crippen LogP contribution in [0.15, 0.2) is 18.2 Å². The van der Waals surface area contributed by atoms with Crippen LogP contribution in [0.5, 0.6) is 0 Å². The summed E-state index contributed by atoms with van der Waals surface area (Å²) in [4.78, 5) is 16.3. The number of halogens is 1. The minimum absolute atomic E-state index is 0.187. The zero-order valence-corrected chi connectivity index (χ0v) is 14.7. The summed E-state index contributed by atoms with van der Waals surface area (Å²) in [7, 11) is -0.879. The first-order valence-electron chi connectivity index (χ1n) is 8.31. The molecule has 0 N–H and O–H groups in total. The third-order valence-corrected chi connectivity index (χ3v) is 6.00. The molecule has 0 bridgehead atoms. The van der Waals surface area contributed by atoms with Crippen LogP contribution in [0.2, 0.25) is 0 Å². The maximum absolute atomic E-state index is 14.5. The van der Waals surface area contributed by atoms with E-state index in [1.165, 1.54) is 6.07 Å². The summed E-state index contributed by atoms with van der Waals surface area (Å²) in [6.45, 7) is 5.50. The molecule has 0 saturated carbocycles. The average molecular weight is 354 g/mol. The molecule has 24 heavy (non-hydrogen) atoms. The molecule has 0 aliphatic carbocycles. The molecule has 7 heteroatoms. The Morgan fingerprint density at radius 1 is 1.29 bits per heavy atom. The Bertz CT molecular complexity index is 634. The number of rotatable bonds is 2. The van der Waals surface area contributed by atoms with E-state index in [0.29, 0.717) is 62.1 Å². The molecule has 2 atom stereocenters. The SMILES string of the molecule is C[C@H]1CN(C(=O)c2ccc(N3CCOCC3)c(F)c2)CC[S@](=O)C1. The second kappa shape index (κ2) is 7.61. The van der Waals surface area contributed by atoms with E-state index in [-0.39, 0.29) is 17.6 Å². The lowest BCUT2D eigenvalue weighted by molar-refractivity contribution is 0.0751. The van der Waals surface area contributed by atoms with Crippen molar-refractivity contribution in [2.24, 2.45) is 5.92 Å². The average Bonchev–Trinajstić information content (AvgIpc) is 2.75. The van der Waals surface area contributed by atoms with E-state index in [1.807, 2.05) is 11.8 Å². The van der Waals surface area contributed by atoms with E-state index in [2.05, 4.69) is 0 Å². The van der Waals surface area contributed by atoms with E-state index in [1.54, 1.807) is 17.0 Å². The van der Waals surface area contributed by atoms with Crippen molar-refractivity contribution in [3.63, 3.8) is 0 Å². The summed E-state index contributed by atoms with van der Waals surface area (Å²) in [6, 6.07) is 4.68. The number of ether oxygens (including phenoxy) is 1. The number of anilines is 1. The molecule has 0 spiro atoms. The zero-order chi connectivity index (χ0) is 17.1. The summed E-state index contributed by atoms with van der Waals surface area (Å²) < 4.78 is 31.5. The molecule has 0 aromatic heterocycles. The lowest BCUT2D eigenvalue weighted by Gasteiger charge is -2.29. The second-order valence-electron chi connectivity index (χ2n) is 6.43. The number of hydrogen-bond acceptors (Lipinski definition) is 4. The highest BCUT2D eigenvalue weighted by Gasteiger charge is 2.24. The van der Waals surface area contributed by atoms with Crippen molar-refractivity contribution in [1.82, 2.24) is 4.90 Å². The molecule has 0 unspecified atom stereocenters. The summed E-state index contributed by atoms with van der Waals surface area (Å²) in [5, 5.41) is 0. The lowest BCUT2D eigenvalue weighted by atomic mass is 10.1. The van der Waals surface area contributed by atoms with Gasteiger partial charge in [-0.15, -0.1) is 0 Å². The Morgan fingerprint density at radius 2 is 2.04 bits per heavy atom. The third kappa shape index (κ3) is 3.95. The fraction of sp³-hybridized carbons (Fsp3) is 0.588. The molecule has 2 aliphatic heterocycles. The quantitative estimate of drug-likeness (QED) is 0.808. The monoisotopic (exact) mass is 354 g/mol. The van der Waals surface area contributed by atoms with Crippen molar-refractivity contribution in [2.45, 2.75) is 6.92 Å². The molecule has 1 aromatic rings. The van der Waals surface area contributed by atoms with Crippen molar-refractivity contribution in [1.29, 1.82) is 0 Å². The summed E-state index contributed by atoms with van der Waals surface area (Å²) in [6.07, 6.45) is 0. The van der Waals surface area contributed by atoms with E-state index < -0.39 is 10.8 Å². The molecular formula is C17H23FN2O3S. The van der Waals surface area contributed by atoms with Gasteiger partial charge in [0, 0.05) is 54.0 Å². The Morgan fingerprint density at radius 3 is 2.75 bits per heavy atom. The highest BCUT2D eigenvalue weighted by Crippen LogP contribution is 2.23. The number of carbonyl (C=O) groups excluding carboxylic acids is 1. The van der Waals surface area contributed by atoms with Crippen LogP contribution in [0.3, 0.4) is 0 Å². The molecule has 0 radical (unpaired) electrons. The Kier molecular flexibility index (Phi) is 5.50. The predicted octanol–water partition coefficient (Wildman–Crippen LogP) is 1.50. The first kappa shape index (κ1) is 17.4. The molecule has 2 fully saturated rings. The molecule has 2 heterocycles. The van der Waals surface area contributed by atoms with Crippen LogP contribution in [0.4, 0.5) is 10.1 Å². The molecule has 2 saturated heterocycles. The van der Waals surface area contributed by atoms with Crippen LogP contribution in [0, 0.1) is 11.7 Å². The van der Waals surface area contributed by atoms with E-state index in [0.717, 1.165) is 0 Å². The predicted molar refractivity (Wildman–Crippen MR) is 92.4 cm³/mol. The topological polar surface area (TPSA) is 49.9 Å². The van der Waals surface area contributed by atoms with Crippen molar-refractivity contribution >= 4 is 22.4 Å². The first-order valence-corrected chi connectivity index (χ1v) is 9.80. The third-order valence-electron chi connectivity index (χ3n) is 4.42. The fourth-order valence-electron chi connectivity index (χ4n) is 3.20. The fourth-order valence-corrected chi connectivity index (χ4v) is 4.53. The molecule has 3 rings (SSSR count). The highest BCUT2D eigenvalue weighted by atomic mass is 32.2. The van der Waals surface area contributed by atoms with Gasteiger partial charge in [0.1, 0.15) is 5.82 Å². The Hall–Kier alpha value is -1.47. The van der Waals surface area contributed by atoms with Gasteiger partial charge in [-0.3, -0.25) is 9.00 Å². The van der Waals surface area contributed by atoms with Crippen molar-refractivity contribution in [2.75, 3.05) is 55.8 Å². The normalized spacial score (nSPS) is 25.4. The van der Waals surface area contributed by atoms with Gasteiger partial charge in [0.25, 0.3) is 5.91 Å². The number of hydrogen-bond donors (Lipinski definition) is 0. The minimum Gasteiger partial charge on any atom is -0.378 e. The van der Waals surface area contributed by atoms with Gasteiger partial charge in [-0.25, -0.2) is 4.39 Å². The molecule has 132 valence electrons. The molecule has 5 nitrogen and oxygen atoms in total. The minimum atomic E-state index is -0.879. The van der Waals surface area contributed by atoms with Gasteiger partial charge < -0.3 is 14.5 Å². The summed E-state index contributed by atoms with van der Waals surface area (Å²) >= 11 is 0. The highest BCUT2D eigenvalue weighted by molar-refractivity contribution is 7.85. The van der Waals surface area contributed by atoms with Crippen LogP contribution < -0.4 is 4.90 Å².